The van der Waals surface area contributed by atoms with Crippen LogP contribution in [0.25, 0.3) is 22.2 Å². The number of ether oxygens (including phenoxy) is 3. The molecule has 0 spiro atoms. The van der Waals surface area contributed by atoms with Crippen LogP contribution >= 0.6 is 23.2 Å². The van der Waals surface area contributed by atoms with E-state index in [2.05, 4.69) is 33.7 Å². The molecule has 0 bridgehead atoms. The number of fused-ring (bicyclic) bond motifs is 1. The molecular formula is C33H39Cl2N7O6. The lowest BCUT2D eigenvalue weighted by atomic mass is 10.0. The lowest BCUT2D eigenvalue weighted by Crippen LogP contribution is -2.54. The number of nitrogens with zero attached hydrogens (tertiary/aromatic N) is 5. The molecule has 3 aromatic rings. The first-order chi connectivity index (χ1) is 23.1. The zero-order valence-electron chi connectivity index (χ0n) is 27.1. The molecule has 2 aliphatic heterocycles. The second kappa shape index (κ2) is 15.4. The highest BCUT2D eigenvalue weighted by Crippen LogP contribution is 2.45. The molecule has 5 rings (SSSR count). The van der Waals surface area contributed by atoms with Crippen molar-refractivity contribution in [1.82, 2.24) is 29.7 Å². The van der Waals surface area contributed by atoms with E-state index in [9.17, 15) is 14.4 Å². The number of hydrogen-bond donors (Lipinski definition) is 2. The number of hydrogen-bond acceptors (Lipinski definition) is 10. The van der Waals surface area contributed by atoms with Crippen LogP contribution in [0, 0.1) is 0 Å². The fourth-order valence-electron chi connectivity index (χ4n) is 6.14. The molecule has 0 aliphatic carbocycles. The fraction of sp³-hybridized carbons (Fsp3) is 0.424. The Morgan fingerprint density at radius 1 is 1.10 bits per heavy atom. The molecule has 2 N–H and O–H groups in total. The zero-order valence-corrected chi connectivity index (χ0v) is 28.6. The highest BCUT2D eigenvalue weighted by molar-refractivity contribution is 6.41. The number of aryl methyl sites for hydroxylation is 1. The van der Waals surface area contributed by atoms with Gasteiger partial charge in [-0.3, -0.25) is 19.0 Å². The van der Waals surface area contributed by atoms with Crippen molar-refractivity contribution >= 4 is 52.0 Å². The SMILES string of the molecule is C=CC(=O)N[C@H]1CCOC[C@H]1Nc1ncc2cc(-c3c(Cl)c(OC)cc(OC)c3Cl)c(=O)n(CCC3CN(C)CCN3C(=O)C=C)c2n1. The van der Waals surface area contributed by atoms with Gasteiger partial charge in [0.2, 0.25) is 17.8 Å². The van der Waals surface area contributed by atoms with E-state index in [1.165, 1.54) is 26.4 Å². The molecule has 15 heteroatoms. The predicted octanol–water partition coefficient (Wildman–Crippen LogP) is 3.37. The number of methoxy groups -OCH3 is 2. The zero-order chi connectivity index (χ0) is 34.5. The van der Waals surface area contributed by atoms with Gasteiger partial charge >= 0.3 is 0 Å². The minimum atomic E-state index is -0.408. The number of pyridine rings is 1. The number of rotatable bonds is 11. The second-order valence-corrected chi connectivity index (χ2v) is 12.4. The van der Waals surface area contributed by atoms with Crippen molar-refractivity contribution in [1.29, 1.82) is 0 Å². The van der Waals surface area contributed by atoms with Gasteiger partial charge in [0.15, 0.2) is 0 Å². The summed E-state index contributed by atoms with van der Waals surface area (Å²) in [6, 6.07) is 2.42. The van der Waals surface area contributed by atoms with Crippen LogP contribution in [-0.4, -0.2) is 108 Å². The van der Waals surface area contributed by atoms with E-state index in [1.54, 1.807) is 27.8 Å². The summed E-state index contributed by atoms with van der Waals surface area (Å²) in [6.45, 7) is 10.1. The average molecular weight is 701 g/mol. The Kier molecular flexibility index (Phi) is 11.3. The summed E-state index contributed by atoms with van der Waals surface area (Å²) in [7, 11) is 4.92. The first-order valence-electron chi connectivity index (χ1n) is 15.5. The molecule has 13 nitrogen and oxygen atoms in total. The molecular weight excluding hydrogens is 661 g/mol. The smallest absolute Gasteiger partial charge is 0.260 e. The van der Waals surface area contributed by atoms with Crippen molar-refractivity contribution < 1.29 is 23.8 Å². The van der Waals surface area contributed by atoms with Gasteiger partial charge in [0, 0.05) is 62.0 Å². The van der Waals surface area contributed by atoms with Crippen molar-refractivity contribution in [3.63, 3.8) is 0 Å². The first-order valence-corrected chi connectivity index (χ1v) is 16.2. The van der Waals surface area contributed by atoms with Gasteiger partial charge in [0.05, 0.1) is 48.5 Å². The lowest BCUT2D eigenvalue weighted by Gasteiger charge is -2.39. The summed E-state index contributed by atoms with van der Waals surface area (Å²) in [4.78, 5) is 52.6. The number of likely N-dealkylation sites (N-methyl/N-ethyl adjacent to an activating group) is 1. The van der Waals surface area contributed by atoms with Gasteiger partial charge in [0.25, 0.3) is 5.56 Å². The largest absolute Gasteiger partial charge is 0.495 e. The highest BCUT2D eigenvalue weighted by atomic mass is 35.5. The van der Waals surface area contributed by atoms with Gasteiger partial charge in [0.1, 0.15) is 17.1 Å². The minimum absolute atomic E-state index is 0.145. The summed E-state index contributed by atoms with van der Waals surface area (Å²) in [5.41, 5.74) is 0.400. The molecule has 3 atom stereocenters. The summed E-state index contributed by atoms with van der Waals surface area (Å²) in [6.07, 6.45) is 5.17. The molecule has 2 fully saturated rings. The predicted molar refractivity (Wildman–Crippen MR) is 185 cm³/mol. The molecule has 1 aromatic carbocycles. The Bertz CT molecular complexity index is 1760. The summed E-state index contributed by atoms with van der Waals surface area (Å²) in [5, 5.41) is 7.04. The molecule has 4 heterocycles. The topological polar surface area (TPSA) is 140 Å². The number of aromatic nitrogens is 3. The van der Waals surface area contributed by atoms with Crippen molar-refractivity contribution in [2.45, 2.75) is 37.5 Å². The number of amides is 2. The van der Waals surface area contributed by atoms with Gasteiger partial charge < -0.3 is 34.6 Å². The van der Waals surface area contributed by atoms with Gasteiger partial charge in [-0.1, -0.05) is 36.4 Å². The van der Waals surface area contributed by atoms with Crippen molar-refractivity contribution in [2.75, 3.05) is 59.4 Å². The van der Waals surface area contributed by atoms with Crippen LogP contribution in [0.1, 0.15) is 12.8 Å². The van der Waals surface area contributed by atoms with Gasteiger partial charge in [-0.25, -0.2) is 4.98 Å². The second-order valence-electron chi connectivity index (χ2n) is 11.6. The number of carbonyl (C=O) groups excluding carboxylic acids is 2. The van der Waals surface area contributed by atoms with Crippen LogP contribution in [0.4, 0.5) is 5.95 Å². The van der Waals surface area contributed by atoms with Crippen molar-refractivity contribution in [3.8, 4) is 22.6 Å². The Balaban J connectivity index is 1.61. The number of carbonyl (C=O) groups is 2. The summed E-state index contributed by atoms with van der Waals surface area (Å²) >= 11 is 13.5. The van der Waals surface area contributed by atoms with Crippen LogP contribution < -0.4 is 25.7 Å². The number of nitrogens with one attached hydrogen (secondary N) is 2. The van der Waals surface area contributed by atoms with E-state index < -0.39 is 5.56 Å². The monoisotopic (exact) mass is 699 g/mol. The number of piperazine rings is 1. The molecule has 48 heavy (non-hydrogen) atoms. The Hall–Kier alpha value is -4.17. The quantitative estimate of drug-likeness (QED) is 0.286. The summed E-state index contributed by atoms with van der Waals surface area (Å²) < 4.78 is 18.2. The van der Waals surface area contributed by atoms with E-state index in [4.69, 9.17) is 42.4 Å². The fourth-order valence-corrected chi connectivity index (χ4v) is 6.85. The van der Waals surface area contributed by atoms with Crippen molar-refractivity contribution in [3.05, 3.63) is 64.0 Å². The van der Waals surface area contributed by atoms with E-state index in [0.717, 1.165) is 6.54 Å². The average Bonchev–Trinajstić information content (AvgIpc) is 3.09. The maximum Gasteiger partial charge on any atom is 0.260 e. The molecule has 2 aliphatic rings. The van der Waals surface area contributed by atoms with Gasteiger partial charge in [-0.15, -0.1) is 0 Å². The minimum Gasteiger partial charge on any atom is -0.495 e. The third-order valence-corrected chi connectivity index (χ3v) is 9.43. The molecule has 0 saturated carbocycles. The number of halogens is 2. The lowest BCUT2D eigenvalue weighted by molar-refractivity contribution is -0.130. The van der Waals surface area contributed by atoms with Crippen molar-refractivity contribution in [2.24, 2.45) is 0 Å². The molecule has 2 amide bonds. The molecule has 1 unspecified atom stereocenters. The number of anilines is 1. The Morgan fingerprint density at radius 3 is 2.50 bits per heavy atom. The number of benzene rings is 1. The van der Waals surface area contributed by atoms with E-state index in [0.29, 0.717) is 50.2 Å². The van der Waals surface area contributed by atoms with Crippen LogP contribution in [0.15, 0.2) is 48.4 Å². The third-order valence-electron chi connectivity index (χ3n) is 8.68. The highest BCUT2D eigenvalue weighted by Gasteiger charge is 2.30. The van der Waals surface area contributed by atoms with Crippen LogP contribution in [0.3, 0.4) is 0 Å². The van der Waals surface area contributed by atoms with E-state index in [-0.39, 0.29) is 75.1 Å². The van der Waals surface area contributed by atoms with Crippen LogP contribution in [0.5, 0.6) is 11.5 Å². The maximum absolute atomic E-state index is 14.5. The maximum atomic E-state index is 14.5. The first kappa shape index (κ1) is 35.1. The van der Waals surface area contributed by atoms with E-state index >= 15 is 0 Å². The van der Waals surface area contributed by atoms with Gasteiger partial charge in [-0.2, -0.15) is 4.98 Å². The Labute approximate surface area is 288 Å². The summed E-state index contributed by atoms with van der Waals surface area (Å²) in [5.74, 6) is 0.357. The van der Waals surface area contributed by atoms with Gasteiger partial charge in [-0.05, 0) is 38.1 Å². The Morgan fingerprint density at radius 2 is 1.83 bits per heavy atom. The molecule has 2 aromatic heterocycles. The molecule has 2 saturated heterocycles. The van der Waals surface area contributed by atoms with Crippen LogP contribution in [0.2, 0.25) is 10.0 Å². The standard InChI is InChI=1S/C33H39Cl2N7O6/c1-6-26(43)37-22-9-13-48-18-23(22)38-33-36-16-19-14-21(28-29(34)24(46-4)15-25(47-5)30(28)35)32(45)42(31(19)39-33)10-8-20-17-40(3)11-12-41(20)27(44)7-2/h6-7,14-16,20,22-23H,1-2,8-13,17-18H2,3-5H3,(H,37,43)(H,36,38,39)/t20?,22-,23+/m0/s1. The normalized spacial score (nSPS) is 19.9. The molecule has 256 valence electrons. The molecule has 0 radical (unpaired) electrons. The van der Waals surface area contributed by atoms with E-state index in [1.807, 2.05) is 7.05 Å². The van der Waals surface area contributed by atoms with Crippen LogP contribution in [-0.2, 0) is 20.9 Å². The third kappa shape index (κ3) is 7.29.